The van der Waals surface area contributed by atoms with Crippen molar-refractivity contribution < 1.29 is 4.79 Å². The van der Waals surface area contributed by atoms with Crippen molar-refractivity contribution in [3.8, 4) is 0 Å². The highest BCUT2D eigenvalue weighted by Gasteiger charge is 2.20. The standard InChI is InChI=1S/C25H26N4OS/c30-24(10-9-22-17-21-18-26-23-7-4-8-25(31-22)29(21)23)27-20-12-15-28(16-13-20)14-11-19-5-2-1-3-6-19/h1-10,17-18,20H,11-16H2,(H,27,30). The summed E-state index contributed by atoms with van der Waals surface area (Å²) in [7, 11) is 0. The molecule has 0 aliphatic carbocycles. The highest BCUT2D eigenvalue weighted by molar-refractivity contribution is 8.03. The smallest absolute Gasteiger partial charge is 0.244 e. The van der Waals surface area contributed by atoms with E-state index in [-0.39, 0.29) is 11.9 Å². The minimum absolute atomic E-state index is 0.0125. The highest BCUT2D eigenvalue weighted by atomic mass is 32.2. The minimum Gasteiger partial charge on any atom is -0.350 e. The normalized spacial score (nSPS) is 17.2. The SMILES string of the molecule is O=C(C=CC1=Cc2cnc3cccc(n23)S1)NC1CCN(CCc2ccccc2)CC1. The fourth-order valence-electron chi connectivity index (χ4n) is 4.23. The van der Waals surface area contributed by atoms with Gasteiger partial charge in [-0.05, 0) is 49.1 Å². The van der Waals surface area contributed by atoms with Gasteiger partial charge in [0.15, 0.2) is 0 Å². The second-order valence-electron chi connectivity index (χ2n) is 8.08. The van der Waals surface area contributed by atoms with Crippen LogP contribution in [-0.4, -0.2) is 45.9 Å². The summed E-state index contributed by atoms with van der Waals surface area (Å²) in [6.07, 6.45) is 10.6. The average Bonchev–Trinajstić information content (AvgIpc) is 3.22. The number of nitrogens with one attached hydrogen (secondary N) is 1. The number of allylic oxidation sites excluding steroid dienone is 1. The van der Waals surface area contributed by atoms with Gasteiger partial charge in [-0.25, -0.2) is 4.98 Å². The Bertz CT molecular complexity index is 1130. The third-order valence-corrected chi connectivity index (χ3v) is 6.94. The molecule has 1 N–H and O–H groups in total. The van der Waals surface area contributed by atoms with E-state index in [1.807, 2.05) is 24.4 Å². The number of imidazole rings is 1. The zero-order valence-electron chi connectivity index (χ0n) is 17.4. The molecule has 2 aromatic heterocycles. The predicted molar refractivity (Wildman–Crippen MR) is 126 cm³/mol. The topological polar surface area (TPSA) is 49.6 Å². The van der Waals surface area contributed by atoms with Crippen molar-refractivity contribution in [1.29, 1.82) is 0 Å². The summed E-state index contributed by atoms with van der Waals surface area (Å²) in [6.45, 7) is 3.16. The van der Waals surface area contributed by atoms with Crippen LogP contribution in [0, 0.1) is 0 Å². The van der Waals surface area contributed by atoms with Gasteiger partial charge in [-0.3, -0.25) is 9.20 Å². The summed E-state index contributed by atoms with van der Waals surface area (Å²) in [4.78, 5) is 20.4. The van der Waals surface area contributed by atoms with Crippen molar-refractivity contribution in [2.24, 2.45) is 0 Å². The first-order chi connectivity index (χ1) is 15.2. The Morgan fingerprint density at radius 2 is 1.97 bits per heavy atom. The van der Waals surface area contributed by atoms with E-state index in [1.54, 1.807) is 17.8 Å². The number of pyridine rings is 1. The van der Waals surface area contributed by atoms with Gasteiger partial charge in [-0.15, -0.1) is 0 Å². The van der Waals surface area contributed by atoms with E-state index in [0.717, 1.165) is 60.2 Å². The van der Waals surface area contributed by atoms with Gasteiger partial charge in [0.2, 0.25) is 5.91 Å². The molecule has 31 heavy (non-hydrogen) atoms. The Hall–Kier alpha value is -2.83. The van der Waals surface area contributed by atoms with Crippen LogP contribution in [0.2, 0.25) is 0 Å². The van der Waals surface area contributed by atoms with Crippen LogP contribution < -0.4 is 5.32 Å². The molecule has 2 aliphatic heterocycles. The maximum Gasteiger partial charge on any atom is 0.244 e. The number of carbonyl (C=O) groups excluding carboxylic acids is 1. The van der Waals surface area contributed by atoms with Crippen LogP contribution >= 0.6 is 11.8 Å². The molecule has 1 saturated heterocycles. The lowest BCUT2D eigenvalue weighted by Crippen LogP contribution is -2.44. The molecule has 0 saturated carbocycles. The summed E-state index contributed by atoms with van der Waals surface area (Å²) in [6, 6.07) is 17.0. The van der Waals surface area contributed by atoms with Crippen LogP contribution in [0.5, 0.6) is 0 Å². The van der Waals surface area contributed by atoms with Gasteiger partial charge in [-0.1, -0.05) is 48.2 Å². The van der Waals surface area contributed by atoms with E-state index < -0.39 is 0 Å². The van der Waals surface area contributed by atoms with Crippen LogP contribution in [-0.2, 0) is 11.2 Å². The van der Waals surface area contributed by atoms with Crippen molar-refractivity contribution in [3.63, 3.8) is 0 Å². The summed E-state index contributed by atoms with van der Waals surface area (Å²) in [5, 5.41) is 4.30. The van der Waals surface area contributed by atoms with Gasteiger partial charge >= 0.3 is 0 Å². The maximum atomic E-state index is 12.5. The molecule has 158 valence electrons. The first-order valence-corrected chi connectivity index (χ1v) is 11.7. The van der Waals surface area contributed by atoms with E-state index in [1.165, 1.54) is 5.56 Å². The van der Waals surface area contributed by atoms with Crippen molar-refractivity contribution >= 4 is 29.4 Å². The van der Waals surface area contributed by atoms with E-state index in [0.29, 0.717) is 0 Å². The number of piperidine rings is 1. The first kappa shape index (κ1) is 20.1. The lowest BCUT2D eigenvalue weighted by Gasteiger charge is -2.32. The maximum absolute atomic E-state index is 12.5. The van der Waals surface area contributed by atoms with Gasteiger partial charge in [0, 0.05) is 36.7 Å². The average molecular weight is 431 g/mol. The molecule has 1 aromatic carbocycles. The van der Waals surface area contributed by atoms with E-state index in [9.17, 15) is 4.79 Å². The Morgan fingerprint density at radius 3 is 2.81 bits per heavy atom. The number of hydrogen-bond acceptors (Lipinski definition) is 4. The molecule has 6 heteroatoms. The minimum atomic E-state index is -0.0125. The molecule has 4 heterocycles. The third-order valence-electron chi connectivity index (χ3n) is 5.93. The molecule has 1 amide bonds. The molecule has 2 aliphatic rings. The second kappa shape index (κ2) is 9.12. The molecule has 0 spiro atoms. The number of benzene rings is 1. The largest absolute Gasteiger partial charge is 0.350 e. The molecule has 5 rings (SSSR count). The number of amides is 1. The zero-order chi connectivity index (χ0) is 21.0. The van der Waals surface area contributed by atoms with Gasteiger partial charge in [0.25, 0.3) is 0 Å². The van der Waals surface area contributed by atoms with Crippen molar-refractivity contribution in [2.75, 3.05) is 19.6 Å². The van der Waals surface area contributed by atoms with E-state index in [2.05, 4.69) is 62.1 Å². The molecule has 0 bridgehead atoms. The van der Waals surface area contributed by atoms with Crippen molar-refractivity contribution in [1.82, 2.24) is 19.6 Å². The van der Waals surface area contributed by atoms with Crippen LogP contribution in [0.4, 0.5) is 0 Å². The quantitative estimate of drug-likeness (QED) is 0.597. The van der Waals surface area contributed by atoms with Gasteiger partial charge in [0.1, 0.15) is 5.65 Å². The molecule has 0 unspecified atom stereocenters. The third kappa shape index (κ3) is 4.75. The van der Waals surface area contributed by atoms with Crippen LogP contribution in [0.15, 0.2) is 76.8 Å². The highest BCUT2D eigenvalue weighted by Crippen LogP contribution is 2.34. The van der Waals surface area contributed by atoms with Crippen LogP contribution in [0.25, 0.3) is 11.7 Å². The Kier molecular flexibility index (Phi) is 5.91. The van der Waals surface area contributed by atoms with E-state index >= 15 is 0 Å². The lowest BCUT2D eigenvalue weighted by molar-refractivity contribution is -0.117. The molecule has 0 atom stereocenters. The number of thioether (sulfide) groups is 1. The summed E-state index contributed by atoms with van der Waals surface area (Å²) >= 11 is 1.66. The first-order valence-electron chi connectivity index (χ1n) is 10.9. The molecule has 3 aromatic rings. The predicted octanol–water partition coefficient (Wildman–Crippen LogP) is 4.16. The van der Waals surface area contributed by atoms with Gasteiger partial charge in [0.05, 0.1) is 16.9 Å². The number of likely N-dealkylation sites (tertiary alicyclic amines) is 1. The fraction of sp³-hybridized carbons (Fsp3) is 0.280. The molecule has 1 fully saturated rings. The van der Waals surface area contributed by atoms with Crippen molar-refractivity contribution in [3.05, 3.63) is 83.0 Å². The Balaban J connectivity index is 1.10. The molecular weight excluding hydrogens is 404 g/mol. The molecule has 0 radical (unpaired) electrons. The zero-order valence-corrected chi connectivity index (χ0v) is 18.2. The van der Waals surface area contributed by atoms with Crippen LogP contribution in [0.1, 0.15) is 24.1 Å². The number of nitrogens with zero attached hydrogens (tertiary/aromatic N) is 3. The lowest BCUT2D eigenvalue weighted by atomic mass is 10.0. The fourth-order valence-corrected chi connectivity index (χ4v) is 5.22. The van der Waals surface area contributed by atoms with E-state index in [4.69, 9.17) is 0 Å². The van der Waals surface area contributed by atoms with Gasteiger partial charge < -0.3 is 10.2 Å². The van der Waals surface area contributed by atoms with Gasteiger partial charge in [-0.2, -0.15) is 0 Å². The summed E-state index contributed by atoms with van der Waals surface area (Å²) < 4.78 is 2.13. The number of hydrogen-bond donors (Lipinski definition) is 1. The van der Waals surface area contributed by atoms with Crippen LogP contribution in [0.3, 0.4) is 0 Å². The number of rotatable bonds is 6. The molecular formula is C25H26N4OS. The van der Waals surface area contributed by atoms with Crippen molar-refractivity contribution in [2.45, 2.75) is 30.3 Å². The summed E-state index contributed by atoms with van der Waals surface area (Å²) in [5.41, 5.74) is 3.39. The Morgan fingerprint density at radius 1 is 1.13 bits per heavy atom. The Labute approximate surface area is 186 Å². The second-order valence-corrected chi connectivity index (χ2v) is 9.18. The summed E-state index contributed by atoms with van der Waals surface area (Å²) in [5.74, 6) is -0.0125. The number of aromatic nitrogens is 2. The number of carbonyl (C=O) groups is 1. The molecule has 5 nitrogen and oxygen atoms in total. The monoisotopic (exact) mass is 430 g/mol.